The topological polar surface area (TPSA) is 58.6 Å². The number of nitrogens with zero attached hydrogens (tertiary/aromatic N) is 1. The second kappa shape index (κ2) is 10.4. The number of methoxy groups -OCH3 is 1. The van der Waals surface area contributed by atoms with Gasteiger partial charge in [0.2, 0.25) is 5.91 Å². The van der Waals surface area contributed by atoms with E-state index in [1.807, 2.05) is 4.90 Å². The highest BCUT2D eigenvalue weighted by molar-refractivity contribution is 5.94. The second-order valence-corrected chi connectivity index (χ2v) is 6.39. The Kier molecular flexibility index (Phi) is 8.93. The molecule has 0 radical (unpaired) electrons. The molecular formula is C19H29ClN2O3. The molecule has 1 aromatic rings. The van der Waals surface area contributed by atoms with E-state index in [1.54, 1.807) is 25.3 Å². The third-order valence-electron chi connectivity index (χ3n) is 4.68. The minimum Gasteiger partial charge on any atom is -0.496 e. The first-order valence-electron chi connectivity index (χ1n) is 8.71. The fourth-order valence-electron chi connectivity index (χ4n) is 3.15. The zero-order valence-electron chi connectivity index (χ0n) is 15.3. The van der Waals surface area contributed by atoms with Crippen LogP contribution in [0.2, 0.25) is 0 Å². The van der Waals surface area contributed by atoms with Crippen LogP contribution in [0.3, 0.4) is 0 Å². The number of halogens is 1. The lowest BCUT2D eigenvalue weighted by Gasteiger charge is -2.32. The molecule has 2 rings (SSSR count). The number of rotatable bonds is 7. The Morgan fingerprint density at radius 3 is 2.52 bits per heavy atom. The van der Waals surface area contributed by atoms with Gasteiger partial charge in [0.05, 0.1) is 13.5 Å². The third-order valence-corrected chi connectivity index (χ3v) is 4.68. The smallest absolute Gasteiger partial charge is 0.227 e. The molecular weight excluding hydrogens is 340 g/mol. The predicted molar refractivity (Wildman–Crippen MR) is 102 cm³/mol. The SMILES string of the molecule is CCNCC1CCN(C(=O)Cc2cc(C(C)=O)ccc2OC)CC1.Cl. The number of carbonyl (C=O) groups excluding carboxylic acids is 2. The number of hydrogen-bond donors (Lipinski definition) is 1. The summed E-state index contributed by atoms with van der Waals surface area (Å²) in [5.74, 6) is 1.42. The largest absolute Gasteiger partial charge is 0.496 e. The number of ether oxygens (including phenoxy) is 1. The molecule has 140 valence electrons. The number of carbonyl (C=O) groups is 2. The molecule has 1 aliphatic rings. The van der Waals surface area contributed by atoms with Crippen molar-refractivity contribution < 1.29 is 14.3 Å². The summed E-state index contributed by atoms with van der Waals surface area (Å²) < 4.78 is 5.34. The summed E-state index contributed by atoms with van der Waals surface area (Å²) in [5.41, 5.74) is 1.40. The second-order valence-electron chi connectivity index (χ2n) is 6.39. The monoisotopic (exact) mass is 368 g/mol. The van der Waals surface area contributed by atoms with Gasteiger partial charge in [0, 0.05) is 24.2 Å². The number of amides is 1. The van der Waals surface area contributed by atoms with E-state index in [9.17, 15) is 9.59 Å². The quantitative estimate of drug-likeness (QED) is 0.752. The maximum absolute atomic E-state index is 12.6. The molecule has 1 aromatic carbocycles. The lowest BCUT2D eigenvalue weighted by Crippen LogP contribution is -2.41. The van der Waals surface area contributed by atoms with Gasteiger partial charge in [-0.3, -0.25) is 9.59 Å². The maximum atomic E-state index is 12.6. The molecule has 1 saturated heterocycles. The van der Waals surface area contributed by atoms with E-state index in [0.29, 0.717) is 17.2 Å². The van der Waals surface area contributed by atoms with E-state index in [1.165, 1.54) is 6.92 Å². The van der Waals surface area contributed by atoms with Crippen LogP contribution >= 0.6 is 12.4 Å². The molecule has 0 bridgehead atoms. The van der Waals surface area contributed by atoms with Gasteiger partial charge in [-0.1, -0.05) is 6.92 Å². The van der Waals surface area contributed by atoms with Gasteiger partial charge in [0.25, 0.3) is 0 Å². The number of ketones is 1. The highest BCUT2D eigenvalue weighted by atomic mass is 35.5. The predicted octanol–water partition coefficient (Wildman–Crippen LogP) is 2.71. The summed E-state index contributed by atoms with van der Waals surface area (Å²) >= 11 is 0. The first-order valence-corrected chi connectivity index (χ1v) is 8.71. The van der Waals surface area contributed by atoms with Gasteiger partial charge in [-0.05, 0) is 57.0 Å². The average molecular weight is 369 g/mol. The standard InChI is InChI=1S/C19H28N2O3.ClH/c1-4-20-13-15-7-9-21(10-8-15)19(23)12-17-11-16(14(2)22)5-6-18(17)24-3;/h5-6,11,15,20H,4,7-10,12-13H2,1-3H3;1H. The molecule has 1 aliphatic heterocycles. The van der Waals surface area contributed by atoms with Crippen LogP contribution < -0.4 is 10.1 Å². The number of Topliss-reactive ketones (excluding diaryl/α,β-unsaturated/α-hetero) is 1. The van der Waals surface area contributed by atoms with Crippen molar-refractivity contribution in [2.45, 2.75) is 33.1 Å². The van der Waals surface area contributed by atoms with Gasteiger partial charge in [-0.25, -0.2) is 0 Å². The van der Waals surface area contributed by atoms with Gasteiger partial charge in [-0.15, -0.1) is 12.4 Å². The Balaban J connectivity index is 0.00000312. The fraction of sp³-hybridized carbons (Fsp3) is 0.579. The molecule has 6 heteroatoms. The summed E-state index contributed by atoms with van der Waals surface area (Å²) in [6.45, 7) is 7.29. The Morgan fingerprint density at radius 1 is 1.28 bits per heavy atom. The van der Waals surface area contributed by atoms with Crippen LogP contribution in [-0.2, 0) is 11.2 Å². The number of hydrogen-bond acceptors (Lipinski definition) is 4. The van der Waals surface area contributed by atoms with Crippen LogP contribution in [0.25, 0.3) is 0 Å². The Bertz CT molecular complexity index is 584. The number of benzene rings is 1. The van der Waals surface area contributed by atoms with Crippen LogP contribution in [0.15, 0.2) is 18.2 Å². The van der Waals surface area contributed by atoms with E-state index < -0.39 is 0 Å². The molecule has 0 aromatic heterocycles. The van der Waals surface area contributed by atoms with Gasteiger partial charge in [0.1, 0.15) is 5.75 Å². The molecule has 0 unspecified atom stereocenters. The third kappa shape index (κ3) is 6.01. The van der Waals surface area contributed by atoms with E-state index >= 15 is 0 Å². The lowest BCUT2D eigenvalue weighted by atomic mass is 9.96. The number of nitrogens with one attached hydrogen (secondary N) is 1. The Hall–Kier alpha value is -1.59. The normalized spacial score (nSPS) is 14.8. The van der Waals surface area contributed by atoms with Gasteiger partial charge < -0.3 is 15.0 Å². The molecule has 0 atom stereocenters. The molecule has 1 heterocycles. The van der Waals surface area contributed by atoms with Crippen molar-refractivity contribution in [1.82, 2.24) is 10.2 Å². The molecule has 1 N–H and O–H groups in total. The van der Waals surface area contributed by atoms with Crippen molar-refractivity contribution in [2.75, 3.05) is 33.3 Å². The minimum atomic E-state index is -0.00408. The summed E-state index contributed by atoms with van der Waals surface area (Å²) in [6, 6.07) is 5.28. The van der Waals surface area contributed by atoms with Crippen molar-refractivity contribution in [3.8, 4) is 5.75 Å². The first kappa shape index (κ1) is 21.5. The number of piperidine rings is 1. The summed E-state index contributed by atoms with van der Waals surface area (Å²) in [4.78, 5) is 26.1. The lowest BCUT2D eigenvalue weighted by molar-refractivity contribution is -0.131. The van der Waals surface area contributed by atoms with Crippen molar-refractivity contribution >= 4 is 24.1 Å². The fourth-order valence-corrected chi connectivity index (χ4v) is 3.15. The zero-order chi connectivity index (χ0) is 17.5. The Labute approximate surface area is 156 Å². The van der Waals surface area contributed by atoms with Crippen LogP contribution in [0.5, 0.6) is 5.75 Å². The molecule has 0 aliphatic carbocycles. The number of likely N-dealkylation sites (tertiary alicyclic amines) is 1. The van der Waals surface area contributed by atoms with Crippen LogP contribution in [-0.4, -0.2) is 49.9 Å². The highest BCUT2D eigenvalue weighted by Crippen LogP contribution is 2.23. The molecule has 1 amide bonds. The van der Waals surface area contributed by atoms with Gasteiger partial charge >= 0.3 is 0 Å². The van der Waals surface area contributed by atoms with E-state index in [0.717, 1.165) is 44.6 Å². The first-order chi connectivity index (χ1) is 11.5. The maximum Gasteiger partial charge on any atom is 0.227 e. The minimum absolute atomic E-state index is 0. The van der Waals surface area contributed by atoms with Gasteiger partial charge in [0.15, 0.2) is 5.78 Å². The van der Waals surface area contributed by atoms with Crippen LogP contribution in [0, 0.1) is 5.92 Å². The van der Waals surface area contributed by atoms with E-state index in [-0.39, 0.29) is 30.5 Å². The molecule has 0 spiro atoms. The zero-order valence-corrected chi connectivity index (χ0v) is 16.2. The summed E-state index contributed by atoms with van der Waals surface area (Å²) in [5, 5.41) is 3.38. The highest BCUT2D eigenvalue weighted by Gasteiger charge is 2.23. The van der Waals surface area contributed by atoms with Crippen molar-refractivity contribution in [1.29, 1.82) is 0 Å². The Morgan fingerprint density at radius 2 is 1.96 bits per heavy atom. The van der Waals surface area contributed by atoms with Crippen molar-refractivity contribution in [3.05, 3.63) is 29.3 Å². The summed E-state index contributed by atoms with van der Waals surface area (Å²) in [6.07, 6.45) is 2.37. The van der Waals surface area contributed by atoms with E-state index in [2.05, 4.69) is 12.2 Å². The van der Waals surface area contributed by atoms with Crippen LogP contribution in [0.1, 0.15) is 42.6 Å². The molecule has 0 saturated carbocycles. The van der Waals surface area contributed by atoms with Crippen molar-refractivity contribution in [2.24, 2.45) is 5.92 Å². The average Bonchev–Trinajstić information content (AvgIpc) is 2.60. The van der Waals surface area contributed by atoms with Gasteiger partial charge in [-0.2, -0.15) is 0 Å². The van der Waals surface area contributed by atoms with Crippen LogP contribution in [0.4, 0.5) is 0 Å². The van der Waals surface area contributed by atoms with Crippen molar-refractivity contribution in [3.63, 3.8) is 0 Å². The summed E-state index contributed by atoms with van der Waals surface area (Å²) in [7, 11) is 1.59. The van der Waals surface area contributed by atoms with E-state index in [4.69, 9.17) is 4.74 Å². The molecule has 1 fully saturated rings. The molecule has 5 nitrogen and oxygen atoms in total. The molecule has 25 heavy (non-hydrogen) atoms.